The molecule has 1 saturated carbocycles. The minimum Gasteiger partial charge on any atom is -0.359 e. The van der Waals surface area contributed by atoms with E-state index in [0.717, 1.165) is 38.0 Å². The number of hydrogen-bond acceptors (Lipinski definition) is 6. The van der Waals surface area contributed by atoms with Crippen molar-refractivity contribution >= 4 is 27.4 Å². The topological polar surface area (TPSA) is 68.5 Å². The van der Waals surface area contributed by atoms with Crippen molar-refractivity contribution < 1.29 is 0 Å². The van der Waals surface area contributed by atoms with Crippen molar-refractivity contribution in [1.82, 2.24) is 25.0 Å². The third-order valence-corrected chi connectivity index (χ3v) is 5.99. The van der Waals surface area contributed by atoms with Crippen LogP contribution in [-0.4, -0.2) is 31.0 Å². The van der Waals surface area contributed by atoms with Crippen LogP contribution in [0.1, 0.15) is 30.6 Å². The molecule has 136 valence electrons. The molecule has 7 heteroatoms. The van der Waals surface area contributed by atoms with Gasteiger partial charge in [0, 0.05) is 22.5 Å². The van der Waals surface area contributed by atoms with E-state index in [2.05, 4.69) is 33.6 Å². The predicted molar refractivity (Wildman–Crippen MR) is 108 cm³/mol. The van der Waals surface area contributed by atoms with Crippen LogP contribution in [0.4, 0.5) is 5.13 Å². The Labute approximate surface area is 161 Å². The van der Waals surface area contributed by atoms with Gasteiger partial charge in [-0.1, -0.05) is 24.1 Å². The Balaban J connectivity index is 1.48. The molecule has 0 radical (unpaired) electrons. The van der Waals surface area contributed by atoms with Crippen LogP contribution in [0.2, 0.25) is 0 Å². The number of aromatic nitrogens is 5. The maximum absolute atomic E-state index is 4.79. The van der Waals surface area contributed by atoms with Crippen LogP contribution in [0.25, 0.3) is 28.0 Å². The number of aryl methyl sites for hydroxylation is 1. The maximum atomic E-state index is 4.79. The molecule has 3 aromatic heterocycles. The Morgan fingerprint density at radius 1 is 1.15 bits per heavy atom. The number of thiazole rings is 1. The molecule has 1 N–H and O–H groups in total. The Hall–Kier alpha value is -2.80. The van der Waals surface area contributed by atoms with Gasteiger partial charge in [-0.15, -0.1) is 16.4 Å². The standard InChI is InChI=1S/C20H20N6S/c1-13-19(23-20(27-13)22-14-6-2-3-7-14)17-12-26(25-24-17)18-10-4-9-16-15(18)8-5-11-21-16/h4-5,8-12,14H,2-3,6-7H2,1H3,(H,22,23). The number of nitrogens with zero attached hydrogens (tertiary/aromatic N) is 5. The molecule has 1 aliphatic carbocycles. The molecule has 1 aliphatic rings. The highest BCUT2D eigenvalue weighted by molar-refractivity contribution is 7.16. The second-order valence-electron chi connectivity index (χ2n) is 6.95. The quantitative estimate of drug-likeness (QED) is 0.564. The molecule has 0 unspecified atom stereocenters. The molecule has 3 heterocycles. The first-order chi connectivity index (χ1) is 13.3. The summed E-state index contributed by atoms with van der Waals surface area (Å²) < 4.78 is 1.81. The molecular formula is C20H20N6S. The Kier molecular flexibility index (Phi) is 4.09. The maximum Gasteiger partial charge on any atom is 0.183 e. The van der Waals surface area contributed by atoms with Crippen molar-refractivity contribution in [1.29, 1.82) is 0 Å². The van der Waals surface area contributed by atoms with Gasteiger partial charge in [-0.2, -0.15) is 0 Å². The first-order valence-corrected chi connectivity index (χ1v) is 10.1. The second-order valence-corrected chi connectivity index (χ2v) is 8.15. The van der Waals surface area contributed by atoms with Crippen LogP contribution in [0.3, 0.4) is 0 Å². The van der Waals surface area contributed by atoms with E-state index in [1.165, 1.54) is 25.7 Å². The lowest BCUT2D eigenvalue weighted by Gasteiger charge is -2.09. The van der Waals surface area contributed by atoms with Crippen LogP contribution < -0.4 is 5.32 Å². The third-order valence-electron chi connectivity index (χ3n) is 5.08. The molecule has 1 aromatic carbocycles. The van der Waals surface area contributed by atoms with Gasteiger partial charge < -0.3 is 5.32 Å². The molecular weight excluding hydrogens is 356 g/mol. The van der Waals surface area contributed by atoms with Crippen molar-refractivity contribution in [2.24, 2.45) is 0 Å². The van der Waals surface area contributed by atoms with Gasteiger partial charge in [-0.25, -0.2) is 9.67 Å². The fourth-order valence-corrected chi connectivity index (χ4v) is 4.62. The van der Waals surface area contributed by atoms with Crippen LogP contribution in [0.5, 0.6) is 0 Å². The molecule has 0 saturated heterocycles. The zero-order valence-electron chi connectivity index (χ0n) is 15.1. The number of benzene rings is 1. The van der Waals surface area contributed by atoms with Gasteiger partial charge >= 0.3 is 0 Å². The first-order valence-electron chi connectivity index (χ1n) is 9.29. The highest BCUT2D eigenvalue weighted by Gasteiger charge is 2.19. The molecule has 27 heavy (non-hydrogen) atoms. The average molecular weight is 376 g/mol. The molecule has 0 atom stereocenters. The third kappa shape index (κ3) is 3.08. The Morgan fingerprint density at radius 3 is 2.93 bits per heavy atom. The zero-order chi connectivity index (χ0) is 18.2. The van der Waals surface area contributed by atoms with E-state index >= 15 is 0 Å². The van der Waals surface area contributed by atoms with Crippen LogP contribution in [-0.2, 0) is 0 Å². The number of nitrogens with one attached hydrogen (secondary N) is 1. The number of fused-ring (bicyclic) bond motifs is 1. The van der Waals surface area contributed by atoms with E-state index in [1.54, 1.807) is 17.5 Å². The van der Waals surface area contributed by atoms with Gasteiger partial charge in [0.25, 0.3) is 0 Å². The summed E-state index contributed by atoms with van der Waals surface area (Å²) in [5, 5.41) is 14.3. The monoisotopic (exact) mass is 376 g/mol. The van der Waals surface area contributed by atoms with Gasteiger partial charge in [0.05, 0.1) is 17.4 Å². The zero-order valence-corrected chi connectivity index (χ0v) is 15.9. The minimum atomic E-state index is 0.558. The molecule has 5 rings (SSSR count). The van der Waals surface area contributed by atoms with Crippen LogP contribution in [0, 0.1) is 6.92 Å². The van der Waals surface area contributed by atoms with E-state index in [-0.39, 0.29) is 0 Å². The van der Waals surface area contributed by atoms with Crippen molar-refractivity contribution in [3.63, 3.8) is 0 Å². The molecule has 4 aromatic rings. The van der Waals surface area contributed by atoms with Crippen molar-refractivity contribution in [3.05, 3.63) is 47.6 Å². The fourth-order valence-electron chi connectivity index (χ4n) is 3.72. The number of anilines is 1. The fraction of sp³-hybridized carbons (Fsp3) is 0.300. The first kappa shape index (κ1) is 16.4. The molecule has 1 fully saturated rings. The summed E-state index contributed by atoms with van der Waals surface area (Å²) in [4.78, 5) is 10.4. The summed E-state index contributed by atoms with van der Waals surface area (Å²) in [6.07, 6.45) is 8.84. The largest absolute Gasteiger partial charge is 0.359 e. The Bertz CT molecular complexity index is 1090. The average Bonchev–Trinajstić information content (AvgIpc) is 3.43. The summed E-state index contributed by atoms with van der Waals surface area (Å²) in [5.41, 5.74) is 3.62. The molecule has 6 nitrogen and oxygen atoms in total. The van der Waals surface area contributed by atoms with Crippen molar-refractivity contribution in [2.45, 2.75) is 38.6 Å². The van der Waals surface area contributed by atoms with Crippen molar-refractivity contribution in [3.8, 4) is 17.1 Å². The van der Waals surface area contributed by atoms with E-state index in [4.69, 9.17) is 4.98 Å². The molecule has 0 amide bonds. The summed E-state index contributed by atoms with van der Waals surface area (Å²) in [7, 11) is 0. The van der Waals surface area contributed by atoms with E-state index < -0.39 is 0 Å². The van der Waals surface area contributed by atoms with Crippen LogP contribution >= 0.6 is 11.3 Å². The predicted octanol–water partition coefficient (Wildman–Crippen LogP) is 4.60. The lowest BCUT2D eigenvalue weighted by molar-refractivity contribution is 0.754. The molecule has 0 spiro atoms. The SMILES string of the molecule is Cc1sc(NC2CCCC2)nc1-c1cn(-c2cccc3ncccc23)nn1. The summed E-state index contributed by atoms with van der Waals surface area (Å²) in [5.74, 6) is 0. The molecule has 0 bridgehead atoms. The van der Waals surface area contributed by atoms with Crippen molar-refractivity contribution in [2.75, 3.05) is 5.32 Å². The number of pyridine rings is 1. The van der Waals surface area contributed by atoms with Gasteiger partial charge in [0.1, 0.15) is 11.4 Å². The molecule has 0 aliphatic heterocycles. The summed E-state index contributed by atoms with van der Waals surface area (Å²) in [6, 6.07) is 10.6. The highest BCUT2D eigenvalue weighted by Crippen LogP contribution is 2.32. The highest BCUT2D eigenvalue weighted by atomic mass is 32.1. The van der Waals surface area contributed by atoms with E-state index in [9.17, 15) is 0 Å². The Morgan fingerprint density at radius 2 is 2.04 bits per heavy atom. The summed E-state index contributed by atoms with van der Waals surface area (Å²) >= 11 is 1.69. The number of hydrogen-bond donors (Lipinski definition) is 1. The smallest absolute Gasteiger partial charge is 0.183 e. The van der Waals surface area contributed by atoms with E-state index in [0.29, 0.717) is 6.04 Å². The lowest BCUT2D eigenvalue weighted by atomic mass is 10.2. The van der Waals surface area contributed by atoms with Gasteiger partial charge in [-0.05, 0) is 44.0 Å². The minimum absolute atomic E-state index is 0.558. The second kappa shape index (κ2) is 6.74. The lowest BCUT2D eigenvalue weighted by Crippen LogP contribution is -2.13. The summed E-state index contributed by atoms with van der Waals surface area (Å²) in [6.45, 7) is 2.09. The normalized spacial score (nSPS) is 14.9. The van der Waals surface area contributed by atoms with E-state index in [1.807, 2.05) is 35.1 Å². The van der Waals surface area contributed by atoms with Gasteiger partial charge in [0.15, 0.2) is 5.13 Å². The van der Waals surface area contributed by atoms with Crippen LogP contribution in [0.15, 0.2) is 42.7 Å². The van der Waals surface area contributed by atoms with Gasteiger partial charge in [0.2, 0.25) is 0 Å². The van der Waals surface area contributed by atoms with Gasteiger partial charge in [-0.3, -0.25) is 4.98 Å². The number of rotatable bonds is 4.